The second-order valence-corrected chi connectivity index (χ2v) is 4.80. The molecule has 2 N–H and O–H groups in total. The maximum Gasteiger partial charge on any atom is 0.311 e. The zero-order valence-electron chi connectivity index (χ0n) is 11.8. The molecule has 0 aromatic heterocycles. The molecule has 0 radical (unpaired) electrons. The average molecular weight is 280 g/mol. The first-order valence-electron chi connectivity index (χ1n) is 6.74. The van der Waals surface area contributed by atoms with Crippen molar-refractivity contribution in [2.45, 2.75) is 45.6 Å². The van der Waals surface area contributed by atoms with Gasteiger partial charge in [-0.15, -0.1) is 0 Å². The number of unbranched alkanes of at least 4 members (excludes halogenated alkanes) is 2. The van der Waals surface area contributed by atoms with Gasteiger partial charge in [0.2, 0.25) is 5.75 Å². The van der Waals surface area contributed by atoms with Crippen LogP contribution in [0.5, 0.6) is 5.75 Å². The fourth-order valence-electron chi connectivity index (χ4n) is 1.94. The normalized spacial score (nSPS) is 11.9. The SMILES string of the molecule is CCCCCC(C)NC(=O)c1cccc([N+](=O)[O-])c1O. The number of carbonyl (C=O) groups excluding carboxylic acids is 1. The van der Waals surface area contributed by atoms with Crippen LogP contribution < -0.4 is 5.32 Å². The standard InChI is InChI=1S/C14H20N2O4/c1-3-4-5-7-10(2)15-14(18)11-8-6-9-12(13(11)17)16(19)20/h6,8-10,17H,3-5,7H2,1-2H3,(H,15,18). The Bertz CT molecular complexity index is 488. The number of benzene rings is 1. The highest BCUT2D eigenvalue weighted by molar-refractivity contribution is 5.98. The van der Waals surface area contributed by atoms with Crippen molar-refractivity contribution in [2.24, 2.45) is 0 Å². The van der Waals surface area contributed by atoms with Gasteiger partial charge < -0.3 is 10.4 Å². The van der Waals surface area contributed by atoms with Crippen LogP contribution in [0.25, 0.3) is 0 Å². The second-order valence-electron chi connectivity index (χ2n) is 4.80. The van der Waals surface area contributed by atoms with Gasteiger partial charge in [-0.05, 0) is 19.4 Å². The van der Waals surface area contributed by atoms with E-state index < -0.39 is 22.3 Å². The van der Waals surface area contributed by atoms with E-state index in [9.17, 15) is 20.0 Å². The van der Waals surface area contributed by atoms with E-state index in [-0.39, 0.29) is 11.6 Å². The summed E-state index contributed by atoms with van der Waals surface area (Å²) in [6.45, 7) is 3.98. The van der Waals surface area contributed by atoms with Crippen LogP contribution in [0.15, 0.2) is 18.2 Å². The lowest BCUT2D eigenvalue weighted by Crippen LogP contribution is -2.32. The van der Waals surface area contributed by atoms with E-state index >= 15 is 0 Å². The summed E-state index contributed by atoms with van der Waals surface area (Å²) in [5.74, 6) is -1.08. The fourth-order valence-corrected chi connectivity index (χ4v) is 1.94. The molecule has 1 rings (SSSR count). The molecular formula is C14H20N2O4. The van der Waals surface area contributed by atoms with Gasteiger partial charge in [0.05, 0.1) is 10.5 Å². The van der Waals surface area contributed by atoms with Crippen molar-refractivity contribution in [1.29, 1.82) is 0 Å². The number of aromatic hydroxyl groups is 1. The third-order valence-electron chi connectivity index (χ3n) is 3.07. The van der Waals surface area contributed by atoms with Gasteiger partial charge in [0.15, 0.2) is 0 Å². The Labute approximate surface area is 118 Å². The van der Waals surface area contributed by atoms with Crippen molar-refractivity contribution in [3.05, 3.63) is 33.9 Å². The summed E-state index contributed by atoms with van der Waals surface area (Å²) in [7, 11) is 0. The van der Waals surface area contributed by atoms with Gasteiger partial charge >= 0.3 is 5.69 Å². The molecule has 0 heterocycles. The summed E-state index contributed by atoms with van der Waals surface area (Å²) < 4.78 is 0. The number of amides is 1. The van der Waals surface area contributed by atoms with Crippen LogP contribution in [-0.2, 0) is 0 Å². The van der Waals surface area contributed by atoms with E-state index in [4.69, 9.17) is 0 Å². The third kappa shape index (κ3) is 4.22. The molecule has 1 aromatic rings. The molecule has 0 aliphatic heterocycles. The Morgan fingerprint density at radius 3 is 2.75 bits per heavy atom. The van der Waals surface area contributed by atoms with E-state index in [0.717, 1.165) is 31.7 Å². The summed E-state index contributed by atoms with van der Waals surface area (Å²) in [5.41, 5.74) is -0.530. The molecule has 0 bridgehead atoms. The van der Waals surface area contributed by atoms with Crippen LogP contribution in [0.1, 0.15) is 49.9 Å². The van der Waals surface area contributed by atoms with Gasteiger partial charge in [0.1, 0.15) is 0 Å². The molecule has 6 heteroatoms. The van der Waals surface area contributed by atoms with Crippen molar-refractivity contribution in [3.8, 4) is 5.75 Å². The summed E-state index contributed by atoms with van der Waals surface area (Å²) >= 11 is 0. The van der Waals surface area contributed by atoms with E-state index in [1.807, 2.05) is 6.92 Å². The molecule has 0 aliphatic rings. The predicted octanol–water partition coefficient (Wildman–Crippen LogP) is 3.00. The molecule has 1 unspecified atom stereocenters. The Kier molecular flexibility index (Phi) is 5.96. The number of hydrogen-bond acceptors (Lipinski definition) is 4. The first-order valence-corrected chi connectivity index (χ1v) is 6.74. The molecule has 1 amide bonds. The largest absolute Gasteiger partial charge is 0.502 e. The van der Waals surface area contributed by atoms with Crippen molar-refractivity contribution < 1.29 is 14.8 Å². The predicted molar refractivity (Wildman–Crippen MR) is 75.8 cm³/mol. The van der Waals surface area contributed by atoms with E-state index in [2.05, 4.69) is 12.2 Å². The quantitative estimate of drug-likeness (QED) is 0.456. The van der Waals surface area contributed by atoms with Gasteiger partial charge in [0.25, 0.3) is 5.91 Å². The highest BCUT2D eigenvalue weighted by Crippen LogP contribution is 2.29. The molecular weight excluding hydrogens is 260 g/mol. The van der Waals surface area contributed by atoms with E-state index in [1.165, 1.54) is 12.1 Å². The molecule has 0 saturated heterocycles. The number of carbonyl (C=O) groups is 1. The molecule has 110 valence electrons. The molecule has 20 heavy (non-hydrogen) atoms. The topological polar surface area (TPSA) is 92.5 Å². The second kappa shape index (κ2) is 7.47. The maximum atomic E-state index is 12.0. The van der Waals surface area contributed by atoms with Gasteiger partial charge in [-0.25, -0.2) is 0 Å². The molecule has 0 saturated carbocycles. The molecule has 0 fully saturated rings. The highest BCUT2D eigenvalue weighted by atomic mass is 16.6. The minimum atomic E-state index is -0.712. The number of nitrogens with one attached hydrogen (secondary N) is 1. The van der Waals surface area contributed by atoms with E-state index in [0.29, 0.717) is 0 Å². The minimum Gasteiger partial charge on any atom is -0.502 e. The van der Waals surface area contributed by atoms with Crippen LogP contribution in [0.3, 0.4) is 0 Å². The lowest BCUT2D eigenvalue weighted by atomic mass is 10.1. The number of phenolic OH excluding ortho intramolecular Hbond substituents is 1. The number of nitro benzene ring substituents is 1. The van der Waals surface area contributed by atoms with Gasteiger partial charge in [0, 0.05) is 12.1 Å². The number of nitrogens with zero attached hydrogens (tertiary/aromatic N) is 1. The lowest BCUT2D eigenvalue weighted by Gasteiger charge is -2.14. The van der Waals surface area contributed by atoms with Gasteiger partial charge in [-0.1, -0.05) is 32.3 Å². The number of nitro groups is 1. The first-order chi connectivity index (χ1) is 9.47. The zero-order valence-corrected chi connectivity index (χ0v) is 11.8. The van der Waals surface area contributed by atoms with Crippen LogP contribution >= 0.6 is 0 Å². The summed E-state index contributed by atoms with van der Waals surface area (Å²) in [5, 5.41) is 23.2. The summed E-state index contributed by atoms with van der Waals surface area (Å²) in [6.07, 6.45) is 4.06. The van der Waals surface area contributed by atoms with Gasteiger partial charge in [-0.3, -0.25) is 14.9 Å². The lowest BCUT2D eigenvalue weighted by molar-refractivity contribution is -0.385. The Morgan fingerprint density at radius 2 is 2.15 bits per heavy atom. The molecule has 0 spiro atoms. The van der Waals surface area contributed by atoms with Gasteiger partial charge in [-0.2, -0.15) is 0 Å². The molecule has 0 aliphatic carbocycles. The Hall–Kier alpha value is -2.11. The number of phenols is 1. The van der Waals surface area contributed by atoms with Crippen molar-refractivity contribution in [1.82, 2.24) is 5.32 Å². The number of para-hydroxylation sites is 1. The smallest absolute Gasteiger partial charge is 0.311 e. The van der Waals surface area contributed by atoms with Crippen molar-refractivity contribution in [2.75, 3.05) is 0 Å². The van der Waals surface area contributed by atoms with Crippen molar-refractivity contribution in [3.63, 3.8) is 0 Å². The fraction of sp³-hybridized carbons (Fsp3) is 0.500. The average Bonchev–Trinajstić information content (AvgIpc) is 2.38. The molecule has 1 atom stereocenters. The summed E-state index contributed by atoms with van der Waals surface area (Å²) in [6, 6.07) is 3.88. The van der Waals surface area contributed by atoms with Crippen LogP contribution in [0.4, 0.5) is 5.69 Å². The third-order valence-corrected chi connectivity index (χ3v) is 3.07. The monoisotopic (exact) mass is 280 g/mol. The van der Waals surface area contributed by atoms with Crippen molar-refractivity contribution >= 4 is 11.6 Å². The number of rotatable bonds is 7. The Balaban J connectivity index is 2.73. The van der Waals surface area contributed by atoms with Crippen LogP contribution in [0.2, 0.25) is 0 Å². The van der Waals surface area contributed by atoms with Crippen LogP contribution in [-0.4, -0.2) is 22.0 Å². The highest BCUT2D eigenvalue weighted by Gasteiger charge is 2.21. The maximum absolute atomic E-state index is 12.0. The van der Waals surface area contributed by atoms with E-state index in [1.54, 1.807) is 0 Å². The number of hydrogen-bond donors (Lipinski definition) is 2. The molecule has 6 nitrogen and oxygen atoms in total. The summed E-state index contributed by atoms with van der Waals surface area (Å²) in [4.78, 5) is 22.0. The Morgan fingerprint density at radius 1 is 1.45 bits per heavy atom. The first kappa shape index (κ1) is 15.9. The van der Waals surface area contributed by atoms with Crippen LogP contribution in [0, 0.1) is 10.1 Å². The zero-order chi connectivity index (χ0) is 15.1. The molecule has 1 aromatic carbocycles. The minimum absolute atomic E-state index is 0.0345.